The fraction of sp³-hybridized carbons (Fsp3) is 0.316. The van der Waals surface area contributed by atoms with Crippen LogP contribution in [0.2, 0.25) is 0 Å². The Kier molecular flexibility index (Phi) is 5.85. The fourth-order valence-corrected chi connectivity index (χ4v) is 3.62. The Morgan fingerprint density at radius 2 is 1.85 bits per heavy atom. The molecule has 0 spiro atoms. The van der Waals surface area contributed by atoms with Gasteiger partial charge in [-0.1, -0.05) is 12.1 Å². The fourth-order valence-electron chi connectivity index (χ4n) is 3.18. The first-order valence-corrected chi connectivity index (χ1v) is 9.77. The molecule has 3 rings (SSSR count). The maximum absolute atomic E-state index is 12.9. The molecule has 2 aromatic rings. The van der Waals surface area contributed by atoms with E-state index in [1.165, 1.54) is 17.8 Å². The highest BCUT2D eigenvalue weighted by molar-refractivity contribution is 7.98. The molecular weight excluding hydrogens is 366 g/mol. The molecule has 7 nitrogen and oxygen atoms in total. The molecule has 1 amide bonds. The molecule has 0 aromatic heterocycles. The number of methoxy groups -OCH3 is 1. The number of nitro groups is 1. The monoisotopic (exact) mass is 387 g/mol. The van der Waals surface area contributed by atoms with Crippen LogP contribution in [0.4, 0.5) is 11.4 Å². The van der Waals surface area contributed by atoms with Gasteiger partial charge in [-0.2, -0.15) is 0 Å². The molecule has 2 aromatic carbocycles. The Bertz CT molecular complexity index is 851. The molecular formula is C19H21N3O4S. The van der Waals surface area contributed by atoms with Gasteiger partial charge in [-0.3, -0.25) is 14.9 Å². The first kappa shape index (κ1) is 19.0. The zero-order valence-electron chi connectivity index (χ0n) is 15.3. The molecule has 0 saturated carbocycles. The van der Waals surface area contributed by atoms with E-state index in [2.05, 4.69) is 4.90 Å². The Hall–Kier alpha value is -2.74. The smallest absolute Gasteiger partial charge is 0.282 e. The standard InChI is InChI=1S/C19H21N3O4S/c1-26-18-6-4-3-5-17(18)20-9-11-21(12-10-20)19(23)15-13-14(27-2)7-8-16(15)22(24)25/h3-8,13H,9-12H2,1-2H3. The van der Waals surface area contributed by atoms with Crippen molar-refractivity contribution < 1.29 is 14.5 Å². The van der Waals surface area contributed by atoms with Crippen LogP contribution >= 0.6 is 11.8 Å². The first-order chi connectivity index (χ1) is 13.0. The van der Waals surface area contributed by atoms with E-state index in [-0.39, 0.29) is 17.2 Å². The average molecular weight is 387 g/mol. The van der Waals surface area contributed by atoms with Gasteiger partial charge in [0.2, 0.25) is 0 Å². The molecule has 27 heavy (non-hydrogen) atoms. The summed E-state index contributed by atoms with van der Waals surface area (Å²) in [6, 6.07) is 12.4. The van der Waals surface area contributed by atoms with Gasteiger partial charge in [-0.05, 0) is 30.5 Å². The van der Waals surface area contributed by atoms with E-state index in [4.69, 9.17) is 4.74 Å². The van der Waals surface area contributed by atoms with E-state index in [0.717, 1.165) is 16.3 Å². The van der Waals surface area contributed by atoms with Crippen molar-refractivity contribution in [3.05, 3.63) is 58.1 Å². The Morgan fingerprint density at radius 3 is 2.48 bits per heavy atom. The van der Waals surface area contributed by atoms with Gasteiger partial charge in [0.05, 0.1) is 17.7 Å². The lowest BCUT2D eigenvalue weighted by Gasteiger charge is -2.36. The molecule has 1 aliphatic rings. The maximum Gasteiger partial charge on any atom is 0.282 e. The van der Waals surface area contributed by atoms with E-state index in [1.54, 1.807) is 24.1 Å². The first-order valence-electron chi connectivity index (χ1n) is 8.55. The molecule has 1 fully saturated rings. The van der Waals surface area contributed by atoms with Crippen molar-refractivity contribution >= 4 is 29.0 Å². The van der Waals surface area contributed by atoms with Crippen molar-refractivity contribution in [2.24, 2.45) is 0 Å². The predicted octanol–water partition coefficient (Wildman–Crippen LogP) is 3.29. The van der Waals surface area contributed by atoms with E-state index in [1.807, 2.05) is 30.5 Å². The lowest BCUT2D eigenvalue weighted by atomic mass is 10.1. The zero-order chi connectivity index (χ0) is 19.4. The van der Waals surface area contributed by atoms with Crippen LogP contribution in [0.5, 0.6) is 5.75 Å². The van der Waals surface area contributed by atoms with Crippen LogP contribution in [0, 0.1) is 10.1 Å². The van der Waals surface area contributed by atoms with Crippen molar-refractivity contribution in [3.8, 4) is 5.75 Å². The molecule has 0 atom stereocenters. The van der Waals surface area contributed by atoms with Gasteiger partial charge in [0.25, 0.3) is 11.6 Å². The molecule has 0 radical (unpaired) electrons. The third-order valence-electron chi connectivity index (χ3n) is 4.62. The van der Waals surface area contributed by atoms with Crippen molar-refractivity contribution in [2.75, 3.05) is 44.4 Å². The topological polar surface area (TPSA) is 75.9 Å². The lowest BCUT2D eigenvalue weighted by Crippen LogP contribution is -2.49. The number of carbonyl (C=O) groups excluding carboxylic acids is 1. The number of hydrogen-bond donors (Lipinski definition) is 0. The molecule has 0 bridgehead atoms. The number of piperazine rings is 1. The van der Waals surface area contributed by atoms with E-state index < -0.39 is 4.92 Å². The lowest BCUT2D eigenvalue weighted by molar-refractivity contribution is -0.385. The third kappa shape index (κ3) is 4.00. The SMILES string of the molecule is COc1ccccc1N1CCN(C(=O)c2cc(SC)ccc2[N+](=O)[O-])CC1. The van der Waals surface area contributed by atoms with Gasteiger partial charge < -0.3 is 14.5 Å². The van der Waals surface area contributed by atoms with Crippen LogP contribution in [0.3, 0.4) is 0 Å². The van der Waals surface area contributed by atoms with Crippen LogP contribution < -0.4 is 9.64 Å². The largest absolute Gasteiger partial charge is 0.495 e. The Balaban J connectivity index is 1.76. The number of amides is 1. The van der Waals surface area contributed by atoms with Crippen LogP contribution in [0.1, 0.15) is 10.4 Å². The van der Waals surface area contributed by atoms with Crippen molar-refractivity contribution in [2.45, 2.75) is 4.90 Å². The number of anilines is 1. The zero-order valence-corrected chi connectivity index (χ0v) is 16.1. The molecule has 1 aliphatic heterocycles. The van der Waals surface area contributed by atoms with Crippen LogP contribution in [-0.4, -0.2) is 55.3 Å². The summed E-state index contributed by atoms with van der Waals surface area (Å²) < 4.78 is 5.41. The molecule has 1 heterocycles. The number of thioether (sulfide) groups is 1. The van der Waals surface area contributed by atoms with Crippen LogP contribution in [0.25, 0.3) is 0 Å². The molecule has 8 heteroatoms. The number of para-hydroxylation sites is 2. The van der Waals surface area contributed by atoms with Gasteiger partial charge in [0.15, 0.2) is 0 Å². The van der Waals surface area contributed by atoms with Crippen LogP contribution in [-0.2, 0) is 0 Å². The number of benzene rings is 2. The maximum atomic E-state index is 12.9. The normalized spacial score (nSPS) is 14.1. The Labute approximate surface area is 162 Å². The van der Waals surface area contributed by atoms with E-state index >= 15 is 0 Å². The highest BCUT2D eigenvalue weighted by Gasteiger charge is 2.28. The molecule has 0 aliphatic carbocycles. The van der Waals surface area contributed by atoms with Crippen molar-refractivity contribution in [1.82, 2.24) is 4.90 Å². The summed E-state index contributed by atoms with van der Waals surface area (Å²) in [5.74, 6) is 0.498. The Morgan fingerprint density at radius 1 is 1.15 bits per heavy atom. The van der Waals surface area contributed by atoms with Crippen molar-refractivity contribution in [1.29, 1.82) is 0 Å². The number of ether oxygens (including phenoxy) is 1. The minimum atomic E-state index is -0.498. The quantitative estimate of drug-likeness (QED) is 0.445. The molecule has 142 valence electrons. The molecule has 0 N–H and O–H groups in total. The molecule has 1 saturated heterocycles. The van der Waals surface area contributed by atoms with Gasteiger partial charge in [0.1, 0.15) is 11.3 Å². The number of nitro benzene ring substituents is 1. The second-order valence-corrected chi connectivity index (χ2v) is 6.97. The van der Waals surface area contributed by atoms with E-state index in [0.29, 0.717) is 26.2 Å². The number of rotatable bonds is 5. The minimum absolute atomic E-state index is 0.148. The van der Waals surface area contributed by atoms with Gasteiger partial charge in [-0.25, -0.2) is 0 Å². The van der Waals surface area contributed by atoms with Crippen molar-refractivity contribution in [3.63, 3.8) is 0 Å². The third-order valence-corrected chi connectivity index (χ3v) is 5.35. The van der Waals surface area contributed by atoms with Crippen LogP contribution in [0.15, 0.2) is 47.4 Å². The summed E-state index contributed by atoms with van der Waals surface area (Å²) in [6.45, 7) is 2.28. The summed E-state index contributed by atoms with van der Waals surface area (Å²) in [7, 11) is 1.64. The summed E-state index contributed by atoms with van der Waals surface area (Å²) in [5, 5.41) is 11.3. The average Bonchev–Trinajstić information content (AvgIpc) is 2.72. The number of hydrogen-bond acceptors (Lipinski definition) is 6. The second-order valence-electron chi connectivity index (χ2n) is 6.09. The number of carbonyl (C=O) groups is 1. The highest BCUT2D eigenvalue weighted by atomic mass is 32.2. The summed E-state index contributed by atoms with van der Waals surface area (Å²) >= 11 is 1.45. The summed E-state index contributed by atoms with van der Waals surface area (Å²) in [5.41, 5.74) is 0.991. The van der Waals surface area contributed by atoms with Gasteiger partial charge in [0, 0.05) is 37.1 Å². The van der Waals surface area contributed by atoms with Gasteiger partial charge in [-0.15, -0.1) is 11.8 Å². The summed E-state index contributed by atoms with van der Waals surface area (Å²) in [4.78, 5) is 28.4. The predicted molar refractivity (Wildman–Crippen MR) is 106 cm³/mol. The summed E-state index contributed by atoms with van der Waals surface area (Å²) in [6.07, 6.45) is 1.88. The van der Waals surface area contributed by atoms with E-state index in [9.17, 15) is 14.9 Å². The highest BCUT2D eigenvalue weighted by Crippen LogP contribution is 2.30. The molecule has 0 unspecified atom stereocenters. The minimum Gasteiger partial charge on any atom is -0.495 e. The van der Waals surface area contributed by atoms with Gasteiger partial charge >= 0.3 is 0 Å². The second kappa shape index (κ2) is 8.30. The number of nitrogens with zero attached hydrogens (tertiary/aromatic N) is 3.